The van der Waals surface area contributed by atoms with Crippen LogP contribution in [0.15, 0.2) is 16.7 Å². The Hall–Kier alpha value is -1.30. The van der Waals surface area contributed by atoms with Crippen LogP contribution in [0.3, 0.4) is 0 Å². The van der Waals surface area contributed by atoms with Gasteiger partial charge in [0.1, 0.15) is 5.76 Å². The molecule has 0 bridgehead atoms. The largest absolute Gasteiger partial charge is 0.469 e. The highest BCUT2D eigenvalue weighted by Gasteiger charge is 2.24. The molecule has 0 radical (unpaired) electrons. The van der Waals surface area contributed by atoms with Gasteiger partial charge in [-0.15, -0.1) is 0 Å². The van der Waals surface area contributed by atoms with Crippen LogP contribution < -0.4 is 0 Å². The molecule has 1 amide bonds. The third-order valence-electron chi connectivity index (χ3n) is 2.93. The van der Waals surface area contributed by atoms with E-state index in [1.165, 1.54) is 6.26 Å². The van der Waals surface area contributed by atoms with Crippen molar-refractivity contribution in [3.63, 3.8) is 0 Å². The lowest BCUT2D eigenvalue weighted by molar-refractivity contribution is 0.0766. The van der Waals surface area contributed by atoms with Crippen LogP contribution in [0.4, 0.5) is 0 Å². The van der Waals surface area contributed by atoms with E-state index in [-0.39, 0.29) is 24.0 Å². The van der Waals surface area contributed by atoms with Crippen LogP contribution in [0, 0.1) is 6.92 Å². The maximum absolute atomic E-state index is 12.1. The molecule has 0 saturated carbocycles. The summed E-state index contributed by atoms with van der Waals surface area (Å²) in [5.41, 5.74) is 0.518. The van der Waals surface area contributed by atoms with E-state index in [0.29, 0.717) is 24.3 Å². The van der Waals surface area contributed by atoms with E-state index in [1.807, 2.05) is 0 Å². The fourth-order valence-electron chi connectivity index (χ4n) is 1.92. The molecule has 1 aliphatic rings. The maximum atomic E-state index is 12.1. The summed E-state index contributed by atoms with van der Waals surface area (Å²) in [7, 11) is -2.98. The van der Waals surface area contributed by atoms with Crippen molar-refractivity contribution in [2.24, 2.45) is 0 Å². The first-order chi connectivity index (χ1) is 7.99. The van der Waals surface area contributed by atoms with Crippen LogP contribution in [0.5, 0.6) is 0 Å². The number of hydrogen-bond donors (Lipinski definition) is 0. The van der Waals surface area contributed by atoms with E-state index in [1.54, 1.807) is 17.9 Å². The number of rotatable bonds is 1. The van der Waals surface area contributed by atoms with Crippen molar-refractivity contribution in [2.45, 2.75) is 13.3 Å². The smallest absolute Gasteiger partial charge is 0.257 e. The summed E-state index contributed by atoms with van der Waals surface area (Å²) in [4.78, 5) is 13.7. The lowest BCUT2D eigenvalue weighted by atomic mass is 10.2. The second-order valence-electron chi connectivity index (χ2n) is 4.19. The maximum Gasteiger partial charge on any atom is 0.257 e. The molecule has 1 saturated heterocycles. The van der Waals surface area contributed by atoms with E-state index in [4.69, 9.17) is 4.42 Å². The highest BCUT2D eigenvalue weighted by atomic mass is 32.2. The van der Waals surface area contributed by atoms with E-state index in [9.17, 15) is 13.2 Å². The van der Waals surface area contributed by atoms with Crippen molar-refractivity contribution in [2.75, 3.05) is 24.6 Å². The molecule has 1 aromatic heterocycles. The van der Waals surface area contributed by atoms with Crippen molar-refractivity contribution in [1.82, 2.24) is 4.90 Å². The zero-order valence-electron chi connectivity index (χ0n) is 9.68. The van der Waals surface area contributed by atoms with E-state index in [2.05, 4.69) is 0 Å². The molecule has 5 nitrogen and oxygen atoms in total. The highest BCUT2D eigenvalue weighted by Crippen LogP contribution is 2.14. The molecular formula is C11H15NO4S. The number of carbonyl (C=O) groups excluding carboxylic acids is 1. The molecule has 6 heteroatoms. The summed E-state index contributed by atoms with van der Waals surface area (Å²) < 4.78 is 28.0. The highest BCUT2D eigenvalue weighted by molar-refractivity contribution is 7.91. The van der Waals surface area contributed by atoms with Crippen LogP contribution in [0.25, 0.3) is 0 Å². The predicted octanol–water partition coefficient (Wildman–Crippen LogP) is 0.849. The van der Waals surface area contributed by atoms with Gasteiger partial charge in [0.25, 0.3) is 5.91 Å². The Morgan fingerprint density at radius 1 is 1.35 bits per heavy atom. The second-order valence-corrected chi connectivity index (χ2v) is 6.49. The van der Waals surface area contributed by atoms with Gasteiger partial charge in [-0.05, 0) is 19.4 Å². The number of carbonyl (C=O) groups is 1. The third-order valence-corrected chi connectivity index (χ3v) is 4.65. The molecular weight excluding hydrogens is 242 g/mol. The topological polar surface area (TPSA) is 67.6 Å². The monoisotopic (exact) mass is 257 g/mol. The van der Waals surface area contributed by atoms with Crippen LogP contribution in [0.2, 0.25) is 0 Å². The van der Waals surface area contributed by atoms with E-state index >= 15 is 0 Å². The summed E-state index contributed by atoms with van der Waals surface area (Å²) >= 11 is 0. The van der Waals surface area contributed by atoms with Crippen LogP contribution >= 0.6 is 0 Å². The minimum atomic E-state index is -2.98. The lowest BCUT2D eigenvalue weighted by Gasteiger charge is -2.19. The summed E-state index contributed by atoms with van der Waals surface area (Å²) in [6.45, 7) is 2.48. The molecule has 0 aromatic carbocycles. The summed E-state index contributed by atoms with van der Waals surface area (Å²) in [6, 6.07) is 1.62. The van der Waals surface area contributed by atoms with Crippen LogP contribution in [0.1, 0.15) is 22.5 Å². The number of hydrogen-bond acceptors (Lipinski definition) is 4. The Morgan fingerprint density at radius 2 is 2.12 bits per heavy atom. The predicted molar refractivity (Wildman–Crippen MR) is 62.6 cm³/mol. The minimum absolute atomic E-state index is 0.0512. The molecule has 2 heterocycles. The molecule has 1 aliphatic heterocycles. The number of aryl methyl sites for hydroxylation is 1. The molecule has 0 N–H and O–H groups in total. The molecule has 0 spiro atoms. The molecule has 0 atom stereocenters. The minimum Gasteiger partial charge on any atom is -0.469 e. The molecule has 17 heavy (non-hydrogen) atoms. The van der Waals surface area contributed by atoms with Crippen LogP contribution in [-0.2, 0) is 9.84 Å². The van der Waals surface area contributed by atoms with E-state index < -0.39 is 9.84 Å². The summed E-state index contributed by atoms with van der Waals surface area (Å²) in [5, 5.41) is 0. The molecule has 2 rings (SSSR count). The summed E-state index contributed by atoms with van der Waals surface area (Å²) in [5.74, 6) is 0.645. The van der Waals surface area contributed by atoms with Crippen LogP contribution in [-0.4, -0.2) is 43.8 Å². The van der Waals surface area contributed by atoms with Gasteiger partial charge in [-0.1, -0.05) is 0 Å². The number of sulfone groups is 1. The first-order valence-electron chi connectivity index (χ1n) is 5.53. The van der Waals surface area contributed by atoms with E-state index in [0.717, 1.165) is 0 Å². The Balaban J connectivity index is 2.14. The average Bonchev–Trinajstić information content (AvgIpc) is 2.59. The van der Waals surface area contributed by atoms with Gasteiger partial charge in [0.05, 0.1) is 23.3 Å². The van der Waals surface area contributed by atoms with Gasteiger partial charge in [-0.2, -0.15) is 0 Å². The molecule has 1 aromatic rings. The van der Waals surface area contributed by atoms with Gasteiger partial charge in [-0.3, -0.25) is 4.79 Å². The molecule has 1 fully saturated rings. The zero-order chi connectivity index (χ0) is 12.5. The van der Waals surface area contributed by atoms with Gasteiger partial charge in [0.2, 0.25) is 0 Å². The lowest BCUT2D eigenvalue weighted by Crippen LogP contribution is -2.33. The SMILES string of the molecule is Cc1occc1C(=O)N1CCCS(=O)(=O)CC1. The Morgan fingerprint density at radius 3 is 2.76 bits per heavy atom. The Bertz CT molecular complexity index is 517. The van der Waals surface area contributed by atoms with Gasteiger partial charge in [0, 0.05) is 13.1 Å². The Kier molecular flexibility index (Phi) is 3.24. The Labute approximate surface area is 100 Å². The molecule has 0 aliphatic carbocycles. The van der Waals surface area contributed by atoms with Crippen molar-refractivity contribution < 1.29 is 17.6 Å². The number of furan rings is 1. The molecule has 0 unspecified atom stereocenters. The second kappa shape index (κ2) is 4.52. The van der Waals surface area contributed by atoms with Crippen molar-refractivity contribution in [3.05, 3.63) is 23.7 Å². The standard InChI is InChI=1S/C11H15NO4S/c1-9-10(3-6-16-9)11(13)12-4-2-7-17(14,15)8-5-12/h3,6H,2,4-5,7-8H2,1H3. The fourth-order valence-corrected chi connectivity index (χ4v) is 3.19. The van der Waals surface area contributed by atoms with Gasteiger partial charge >= 0.3 is 0 Å². The third kappa shape index (κ3) is 2.69. The first-order valence-corrected chi connectivity index (χ1v) is 7.35. The normalized spacial score (nSPS) is 19.9. The molecule has 94 valence electrons. The average molecular weight is 257 g/mol. The van der Waals surface area contributed by atoms with Crippen molar-refractivity contribution >= 4 is 15.7 Å². The summed E-state index contributed by atoms with van der Waals surface area (Å²) in [6.07, 6.45) is 1.97. The van der Waals surface area contributed by atoms with Crippen molar-refractivity contribution in [1.29, 1.82) is 0 Å². The van der Waals surface area contributed by atoms with Gasteiger partial charge < -0.3 is 9.32 Å². The zero-order valence-corrected chi connectivity index (χ0v) is 10.5. The fraction of sp³-hybridized carbons (Fsp3) is 0.545. The number of nitrogens with zero attached hydrogens (tertiary/aromatic N) is 1. The number of amides is 1. The van der Waals surface area contributed by atoms with Gasteiger partial charge in [0.15, 0.2) is 9.84 Å². The van der Waals surface area contributed by atoms with Gasteiger partial charge in [-0.25, -0.2) is 8.42 Å². The first kappa shape index (κ1) is 12.2. The van der Waals surface area contributed by atoms with Crippen molar-refractivity contribution in [3.8, 4) is 0 Å². The quantitative estimate of drug-likeness (QED) is 0.748.